The van der Waals surface area contributed by atoms with E-state index < -0.39 is 17.4 Å². The van der Waals surface area contributed by atoms with E-state index in [4.69, 9.17) is 4.52 Å². The fourth-order valence-corrected chi connectivity index (χ4v) is 1.85. The SMILES string of the molecule is CCC(C)(NC(=O)c1cc(-c2ccc(C)cc2)no1)C(=O)O. The molecule has 1 amide bonds. The molecule has 6 nitrogen and oxygen atoms in total. The average molecular weight is 302 g/mol. The summed E-state index contributed by atoms with van der Waals surface area (Å²) in [6, 6.07) is 9.12. The van der Waals surface area contributed by atoms with Crippen LogP contribution in [0.2, 0.25) is 0 Å². The van der Waals surface area contributed by atoms with Crippen LogP contribution in [0.15, 0.2) is 34.9 Å². The zero-order valence-electron chi connectivity index (χ0n) is 12.7. The molecular formula is C16H18N2O4. The number of aryl methyl sites for hydroxylation is 1. The third-order valence-electron chi connectivity index (χ3n) is 3.65. The summed E-state index contributed by atoms with van der Waals surface area (Å²) in [5.41, 5.74) is 1.13. The van der Waals surface area contributed by atoms with E-state index in [0.29, 0.717) is 5.69 Å². The van der Waals surface area contributed by atoms with E-state index in [1.54, 1.807) is 6.92 Å². The Morgan fingerprint density at radius 2 is 1.95 bits per heavy atom. The van der Waals surface area contributed by atoms with Gasteiger partial charge in [0.05, 0.1) is 0 Å². The standard InChI is InChI=1S/C16H18N2O4/c1-4-16(3,15(20)21)17-14(19)13-9-12(18-22-13)11-7-5-10(2)6-8-11/h5-9H,4H2,1-3H3,(H,17,19)(H,20,21). The third kappa shape index (κ3) is 3.16. The minimum atomic E-state index is -1.34. The minimum absolute atomic E-state index is 0.0171. The van der Waals surface area contributed by atoms with Crippen molar-refractivity contribution in [1.82, 2.24) is 10.5 Å². The lowest BCUT2D eigenvalue weighted by molar-refractivity contribution is -0.143. The number of rotatable bonds is 5. The van der Waals surface area contributed by atoms with E-state index in [-0.39, 0.29) is 12.2 Å². The molecule has 0 bridgehead atoms. The monoisotopic (exact) mass is 302 g/mol. The van der Waals surface area contributed by atoms with Crippen LogP contribution in [0.4, 0.5) is 0 Å². The molecule has 2 aromatic rings. The van der Waals surface area contributed by atoms with Crippen molar-refractivity contribution in [3.05, 3.63) is 41.7 Å². The second kappa shape index (κ2) is 6.01. The predicted octanol–water partition coefficient (Wildman–Crippen LogP) is 2.63. The molecule has 0 aliphatic heterocycles. The Kier molecular flexibility index (Phi) is 4.30. The number of hydrogen-bond donors (Lipinski definition) is 2. The van der Waals surface area contributed by atoms with Crippen LogP contribution in [0.5, 0.6) is 0 Å². The van der Waals surface area contributed by atoms with Crippen molar-refractivity contribution in [2.75, 3.05) is 0 Å². The second-order valence-corrected chi connectivity index (χ2v) is 5.39. The van der Waals surface area contributed by atoms with Gasteiger partial charge < -0.3 is 14.9 Å². The maximum absolute atomic E-state index is 12.1. The van der Waals surface area contributed by atoms with Crippen LogP contribution in [0, 0.1) is 6.92 Å². The van der Waals surface area contributed by atoms with Gasteiger partial charge in [-0.3, -0.25) is 4.79 Å². The van der Waals surface area contributed by atoms with E-state index in [0.717, 1.165) is 11.1 Å². The largest absolute Gasteiger partial charge is 0.480 e. The number of aromatic nitrogens is 1. The van der Waals surface area contributed by atoms with E-state index in [1.165, 1.54) is 13.0 Å². The topological polar surface area (TPSA) is 92.4 Å². The fraction of sp³-hybridized carbons (Fsp3) is 0.312. The Morgan fingerprint density at radius 3 is 2.50 bits per heavy atom. The maximum Gasteiger partial charge on any atom is 0.329 e. The molecule has 0 spiro atoms. The molecule has 2 rings (SSSR count). The summed E-state index contributed by atoms with van der Waals surface area (Å²) in [5, 5.41) is 15.5. The Hall–Kier alpha value is -2.63. The molecule has 22 heavy (non-hydrogen) atoms. The molecule has 2 N–H and O–H groups in total. The fourth-order valence-electron chi connectivity index (χ4n) is 1.85. The van der Waals surface area contributed by atoms with Gasteiger partial charge in [-0.15, -0.1) is 0 Å². The van der Waals surface area contributed by atoms with Crippen molar-refractivity contribution in [1.29, 1.82) is 0 Å². The summed E-state index contributed by atoms with van der Waals surface area (Å²) in [6.45, 7) is 5.11. The van der Waals surface area contributed by atoms with Gasteiger partial charge in [-0.2, -0.15) is 0 Å². The van der Waals surface area contributed by atoms with Crippen molar-refractivity contribution in [3.63, 3.8) is 0 Å². The highest BCUT2D eigenvalue weighted by Gasteiger charge is 2.34. The smallest absolute Gasteiger partial charge is 0.329 e. The number of carboxylic acid groups (broad SMARTS) is 1. The zero-order valence-corrected chi connectivity index (χ0v) is 12.7. The quantitative estimate of drug-likeness (QED) is 0.885. The lowest BCUT2D eigenvalue weighted by atomic mass is 9.99. The molecular weight excluding hydrogens is 284 g/mol. The first-order valence-corrected chi connectivity index (χ1v) is 6.95. The molecule has 1 heterocycles. The summed E-state index contributed by atoms with van der Waals surface area (Å²) in [5.74, 6) is -1.71. The highest BCUT2D eigenvalue weighted by atomic mass is 16.5. The Morgan fingerprint density at radius 1 is 1.32 bits per heavy atom. The number of amides is 1. The van der Waals surface area contributed by atoms with Gasteiger partial charge in [0, 0.05) is 11.6 Å². The molecule has 6 heteroatoms. The van der Waals surface area contributed by atoms with Crippen LogP contribution in [-0.4, -0.2) is 27.7 Å². The first-order chi connectivity index (χ1) is 10.4. The normalized spacial score (nSPS) is 13.4. The lowest BCUT2D eigenvalue weighted by Crippen LogP contribution is -2.51. The number of carbonyl (C=O) groups excluding carboxylic acids is 1. The zero-order chi connectivity index (χ0) is 16.3. The summed E-state index contributed by atoms with van der Waals surface area (Å²) >= 11 is 0. The predicted molar refractivity (Wildman–Crippen MR) is 80.5 cm³/mol. The molecule has 1 atom stereocenters. The van der Waals surface area contributed by atoms with Gasteiger partial charge in [-0.25, -0.2) is 4.79 Å². The van der Waals surface area contributed by atoms with Crippen molar-refractivity contribution in [2.45, 2.75) is 32.7 Å². The number of aliphatic carboxylic acids is 1. The summed E-state index contributed by atoms with van der Waals surface area (Å²) in [4.78, 5) is 23.3. The molecule has 0 fully saturated rings. The molecule has 1 aromatic carbocycles. The van der Waals surface area contributed by atoms with Gasteiger partial charge in [-0.05, 0) is 20.3 Å². The molecule has 0 aliphatic carbocycles. The van der Waals surface area contributed by atoms with Gasteiger partial charge in [0.1, 0.15) is 11.2 Å². The van der Waals surface area contributed by atoms with Crippen LogP contribution in [0.3, 0.4) is 0 Å². The Balaban J connectivity index is 2.19. The second-order valence-electron chi connectivity index (χ2n) is 5.39. The number of hydrogen-bond acceptors (Lipinski definition) is 4. The summed E-state index contributed by atoms with van der Waals surface area (Å²) in [6.07, 6.45) is 0.257. The number of carbonyl (C=O) groups is 2. The minimum Gasteiger partial charge on any atom is -0.480 e. The Labute approximate surface area is 128 Å². The molecule has 0 radical (unpaired) electrons. The van der Waals surface area contributed by atoms with Crippen molar-refractivity contribution < 1.29 is 19.2 Å². The summed E-state index contributed by atoms with van der Waals surface area (Å²) in [7, 11) is 0. The van der Waals surface area contributed by atoms with Crippen LogP contribution in [0.25, 0.3) is 11.3 Å². The van der Waals surface area contributed by atoms with Crippen molar-refractivity contribution in [2.24, 2.45) is 0 Å². The van der Waals surface area contributed by atoms with Gasteiger partial charge >= 0.3 is 5.97 Å². The average Bonchev–Trinajstić information content (AvgIpc) is 2.97. The van der Waals surface area contributed by atoms with Crippen LogP contribution < -0.4 is 5.32 Å². The van der Waals surface area contributed by atoms with Gasteiger partial charge in [0.15, 0.2) is 0 Å². The summed E-state index contributed by atoms with van der Waals surface area (Å²) < 4.78 is 5.03. The molecule has 0 aliphatic rings. The van der Waals surface area contributed by atoms with Crippen LogP contribution in [0.1, 0.15) is 36.4 Å². The molecule has 116 valence electrons. The van der Waals surface area contributed by atoms with Crippen molar-refractivity contribution in [3.8, 4) is 11.3 Å². The van der Waals surface area contributed by atoms with Crippen molar-refractivity contribution >= 4 is 11.9 Å². The Bertz CT molecular complexity index is 690. The molecule has 1 aromatic heterocycles. The number of nitrogens with zero attached hydrogens (tertiary/aromatic N) is 1. The lowest BCUT2D eigenvalue weighted by Gasteiger charge is -2.23. The number of nitrogens with one attached hydrogen (secondary N) is 1. The maximum atomic E-state index is 12.1. The van der Waals surface area contributed by atoms with Gasteiger partial charge in [0.25, 0.3) is 5.91 Å². The van der Waals surface area contributed by atoms with E-state index in [2.05, 4.69) is 10.5 Å². The first-order valence-electron chi connectivity index (χ1n) is 6.95. The highest BCUT2D eigenvalue weighted by molar-refractivity contribution is 5.96. The first kappa shape index (κ1) is 15.8. The molecule has 1 unspecified atom stereocenters. The third-order valence-corrected chi connectivity index (χ3v) is 3.65. The van der Waals surface area contributed by atoms with Gasteiger partial charge in [-0.1, -0.05) is 41.9 Å². The number of carboxylic acids is 1. The molecule has 0 saturated heterocycles. The van der Waals surface area contributed by atoms with Crippen LogP contribution in [-0.2, 0) is 4.79 Å². The van der Waals surface area contributed by atoms with Crippen LogP contribution >= 0.6 is 0 Å². The van der Waals surface area contributed by atoms with Gasteiger partial charge in [0.2, 0.25) is 5.76 Å². The van der Waals surface area contributed by atoms with E-state index in [1.807, 2.05) is 31.2 Å². The van der Waals surface area contributed by atoms with E-state index in [9.17, 15) is 14.7 Å². The number of benzene rings is 1. The van der Waals surface area contributed by atoms with E-state index >= 15 is 0 Å². The molecule has 0 saturated carbocycles. The highest BCUT2D eigenvalue weighted by Crippen LogP contribution is 2.20.